The molecule has 2 atom stereocenters. The summed E-state index contributed by atoms with van der Waals surface area (Å²) in [4.78, 5) is 13.1. The molecule has 0 saturated heterocycles. The maximum absolute atomic E-state index is 13.3. The van der Waals surface area contributed by atoms with E-state index in [9.17, 15) is 13.4 Å². The molecule has 6 nitrogen and oxygen atoms in total. The molecule has 0 radical (unpaired) electrons. The largest absolute Gasteiger partial charge is 0.345 e. The zero-order valence-electron chi connectivity index (χ0n) is 15.5. The van der Waals surface area contributed by atoms with Crippen molar-refractivity contribution in [1.82, 2.24) is 9.29 Å². The lowest BCUT2D eigenvalue weighted by Crippen LogP contribution is -2.35. The van der Waals surface area contributed by atoms with E-state index in [0.29, 0.717) is 11.3 Å². The third kappa shape index (κ3) is 5.46. The Morgan fingerprint density at radius 2 is 2.00 bits per heavy atom. The van der Waals surface area contributed by atoms with Crippen molar-refractivity contribution >= 4 is 52.7 Å². The van der Waals surface area contributed by atoms with E-state index in [1.54, 1.807) is 13.1 Å². The summed E-state index contributed by atoms with van der Waals surface area (Å²) >= 11 is 5.76. The van der Waals surface area contributed by atoms with Crippen LogP contribution < -0.4 is 10.0 Å². The third-order valence-electron chi connectivity index (χ3n) is 4.38. The Morgan fingerprint density at radius 1 is 1.37 bits per heavy atom. The molecule has 2 heterocycles. The van der Waals surface area contributed by atoms with Gasteiger partial charge in [0.25, 0.3) is 5.91 Å². The zero-order valence-corrected chi connectivity index (χ0v) is 18.1. The van der Waals surface area contributed by atoms with E-state index < -0.39 is 21.6 Å². The molecule has 1 aromatic heterocycles. The highest BCUT2D eigenvalue weighted by Gasteiger charge is 2.29. The molecule has 0 bridgehead atoms. The van der Waals surface area contributed by atoms with Crippen LogP contribution in [0, 0.1) is 16.5 Å². The predicted molar refractivity (Wildman–Crippen MR) is 129 cm³/mol. The Kier molecular flexibility index (Phi) is 9.85. The summed E-state index contributed by atoms with van der Waals surface area (Å²) in [5, 5.41) is 2.57. The van der Waals surface area contributed by atoms with Crippen LogP contribution in [0.15, 0.2) is 35.4 Å². The fraction of sp³-hybridized carbons (Fsp3) is 0.350. The quantitative estimate of drug-likeness (QED) is 0.552. The molecular formula is C20H30ClFN4O2S2. The van der Waals surface area contributed by atoms with Gasteiger partial charge in [-0.25, -0.2) is 18.1 Å². The van der Waals surface area contributed by atoms with Crippen molar-refractivity contribution < 1.29 is 13.4 Å². The van der Waals surface area contributed by atoms with E-state index in [0.717, 1.165) is 6.07 Å². The van der Waals surface area contributed by atoms with E-state index in [4.69, 9.17) is 16.4 Å². The second-order valence-electron chi connectivity index (χ2n) is 6.75. The van der Waals surface area contributed by atoms with Gasteiger partial charge in [0.2, 0.25) is 0 Å². The highest BCUT2D eigenvalue weighted by molar-refractivity contribution is 7.90. The minimum atomic E-state index is -3.28. The SMILES string of the molecule is C.C.CC(C)[C@H]1C=Cc2c(cn(C)c2C(=O)Nc2ccc(F)c(Cl)c2)S(=N)(=O)N1.S. The number of benzene rings is 1. The molecule has 30 heavy (non-hydrogen) atoms. The van der Waals surface area contributed by atoms with Gasteiger partial charge in [0.15, 0.2) is 0 Å². The van der Waals surface area contributed by atoms with Crippen molar-refractivity contribution in [1.29, 1.82) is 4.78 Å². The lowest BCUT2D eigenvalue weighted by atomic mass is 10.0. The van der Waals surface area contributed by atoms with Crippen LogP contribution in [-0.2, 0) is 17.0 Å². The van der Waals surface area contributed by atoms with Crippen LogP contribution in [0.5, 0.6) is 0 Å². The Labute approximate surface area is 190 Å². The van der Waals surface area contributed by atoms with Gasteiger partial charge < -0.3 is 9.88 Å². The lowest BCUT2D eigenvalue weighted by molar-refractivity contribution is 0.101. The molecule has 168 valence electrons. The van der Waals surface area contributed by atoms with Crippen molar-refractivity contribution in [2.45, 2.75) is 39.6 Å². The number of aromatic nitrogens is 1. The number of halogens is 2. The van der Waals surface area contributed by atoms with E-state index in [-0.39, 0.29) is 55.9 Å². The number of fused-ring (bicyclic) bond motifs is 1. The first-order chi connectivity index (χ1) is 12.6. The first-order valence-corrected chi connectivity index (χ1v) is 10.2. The van der Waals surface area contributed by atoms with E-state index >= 15 is 0 Å². The highest BCUT2D eigenvalue weighted by Crippen LogP contribution is 2.29. The first-order valence-electron chi connectivity index (χ1n) is 8.30. The number of carbonyl (C=O) groups excluding carboxylic acids is 1. The summed E-state index contributed by atoms with van der Waals surface area (Å²) in [5.74, 6) is -0.918. The second-order valence-corrected chi connectivity index (χ2v) is 8.95. The topological polar surface area (TPSA) is 87.0 Å². The first kappa shape index (κ1) is 28.2. The fourth-order valence-electron chi connectivity index (χ4n) is 2.91. The highest BCUT2D eigenvalue weighted by atomic mass is 35.5. The normalized spacial score (nSPS) is 19.6. The van der Waals surface area contributed by atoms with Gasteiger partial charge in [0, 0.05) is 30.5 Å². The number of hydrogen-bond donors (Lipinski definition) is 3. The smallest absolute Gasteiger partial charge is 0.272 e. The molecule has 3 rings (SSSR count). The summed E-state index contributed by atoms with van der Waals surface area (Å²) in [6.07, 6.45) is 5.06. The zero-order chi connectivity index (χ0) is 19.9. The molecule has 0 spiro atoms. The monoisotopic (exact) mass is 476 g/mol. The van der Waals surface area contributed by atoms with Gasteiger partial charge in [-0.2, -0.15) is 13.5 Å². The Hall–Kier alpha value is -1.81. The Bertz CT molecular complexity index is 1050. The van der Waals surface area contributed by atoms with Crippen LogP contribution in [-0.4, -0.2) is 20.7 Å². The van der Waals surface area contributed by atoms with Gasteiger partial charge in [0.1, 0.15) is 21.4 Å². The van der Waals surface area contributed by atoms with E-state index in [1.807, 2.05) is 19.9 Å². The molecule has 2 aromatic rings. The number of nitrogens with one attached hydrogen (secondary N) is 3. The maximum atomic E-state index is 13.3. The molecule has 3 N–H and O–H groups in total. The van der Waals surface area contributed by atoms with Crippen LogP contribution in [0.1, 0.15) is 44.8 Å². The van der Waals surface area contributed by atoms with Crippen molar-refractivity contribution in [3.05, 3.63) is 52.6 Å². The van der Waals surface area contributed by atoms with E-state index in [2.05, 4.69) is 10.0 Å². The molecule has 0 fully saturated rings. The molecule has 0 aliphatic carbocycles. The standard InChI is InChI=1S/C18H20ClFN4O2S.2CH4.H2S/c1-10(2)15-7-5-12-16(27(21,26)23-15)9-24(3)17(12)18(25)22-11-4-6-14(20)13(19)8-11;;;/h4-10,15H,1-3H3,(H,22,25)(H2,21,23,26);2*1H4;1H2/t15-,27?;;;/m1.../s1. The number of hydrogen-bond acceptors (Lipinski definition) is 3. The maximum Gasteiger partial charge on any atom is 0.272 e. The van der Waals surface area contributed by atoms with Gasteiger partial charge in [-0.15, -0.1) is 0 Å². The lowest BCUT2D eigenvalue weighted by Gasteiger charge is -2.18. The molecule has 1 aliphatic rings. The summed E-state index contributed by atoms with van der Waals surface area (Å²) in [5.41, 5.74) is 1.02. The molecule has 1 amide bonds. The average molecular weight is 477 g/mol. The summed E-state index contributed by atoms with van der Waals surface area (Å²) in [6.45, 7) is 3.92. The van der Waals surface area contributed by atoms with Gasteiger partial charge in [-0.05, 0) is 24.1 Å². The fourth-order valence-corrected chi connectivity index (χ4v) is 4.73. The number of rotatable bonds is 3. The molecular weight excluding hydrogens is 447 g/mol. The Balaban J connectivity index is 0.00000280. The van der Waals surface area contributed by atoms with Crippen LogP contribution in [0.4, 0.5) is 10.1 Å². The summed E-state index contributed by atoms with van der Waals surface area (Å²) in [6, 6.07) is 3.63. The predicted octanol–water partition coefficient (Wildman–Crippen LogP) is 5.42. The number of anilines is 1. The van der Waals surface area contributed by atoms with Gasteiger partial charge >= 0.3 is 0 Å². The minimum Gasteiger partial charge on any atom is -0.345 e. The van der Waals surface area contributed by atoms with Crippen LogP contribution >= 0.6 is 25.1 Å². The van der Waals surface area contributed by atoms with E-state index in [1.165, 1.54) is 22.9 Å². The minimum absolute atomic E-state index is 0. The number of carbonyl (C=O) groups is 1. The molecule has 1 aliphatic heterocycles. The molecule has 10 heteroatoms. The third-order valence-corrected chi connectivity index (χ3v) is 6.22. The van der Waals surface area contributed by atoms with Gasteiger partial charge in [-0.3, -0.25) is 4.79 Å². The van der Waals surface area contributed by atoms with Gasteiger partial charge in [0.05, 0.1) is 9.92 Å². The summed E-state index contributed by atoms with van der Waals surface area (Å²) < 4.78 is 38.9. The van der Waals surface area contributed by atoms with Crippen molar-refractivity contribution in [3.63, 3.8) is 0 Å². The Morgan fingerprint density at radius 3 is 2.57 bits per heavy atom. The summed E-state index contributed by atoms with van der Waals surface area (Å²) in [7, 11) is -1.63. The second kappa shape index (κ2) is 10.5. The number of nitrogens with zero attached hydrogens (tertiary/aromatic N) is 1. The van der Waals surface area contributed by atoms with Crippen molar-refractivity contribution in [2.24, 2.45) is 13.0 Å². The van der Waals surface area contributed by atoms with Crippen molar-refractivity contribution in [3.8, 4) is 0 Å². The average Bonchev–Trinajstić information content (AvgIpc) is 2.85. The van der Waals surface area contributed by atoms with Crippen LogP contribution in [0.25, 0.3) is 6.08 Å². The van der Waals surface area contributed by atoms with Crippen molar-refractivity contribution in [2.75, 3.05) is 5.32 Å². The van der Waals surface area contributed by atoms with Crippen LogP contribution in [0.2, 0.25) is 5.02 Å². The van der Waals surface area contributed by atoms with Crippen LogP contribution in [0.3, 0.4) is 0 Å². The molecule has 1 aromatic carbocycles. The number of aryl methyl sites for hydroxylation is 1. The molecule has 1 unspecified atom stereocenters. The number of amides is 1. The molecule has 0 saturated carbocycles. The van der Waals surface area contributed by atoms with Gasteiger partial charge in [-0.1, -0.05) is 52.5 Å².